The summed E-state index contributed by atoms with van der Waals surface area (Å²) < 4.78 is 18.3. The van der Waals surface area contributed by atoms with Crippen LogP contribution >= 0.6 is 0 Å². The fraction of sp³-hybridized carbons (Fsp3) is 0.500. The fourth-order valence-corrected chi connectivity index (χ4v) is 2.20. The molecule has 0 atom stereocenters. The molecule has 0 bridgehead atoms. The number of esters is 1. The van der Waals surface area contributed by atoms with Crippen molar-refractivity contribution in [3.05, 3.63) is 35.1 Å². The van der Waals surface area contributed by atoms with Gasteiger partial charge in [-0.15, -0.1) is 0 Å². The lowest BCUT2D eigenvalue weighted by Crippen LogP contribution is -2.51. The minimum Gasteiger partial charge on any atom is -0.469 e. The summed E-state index contributed by atoms with van der Waals surface area (Å²) in [6.07, 6.45) is 0.681. The highest BCUT2D eigenvalue weighted by molar-refractivity contribution is 5.73. The van der Waals surface area contributed by atoms with Crippen LogP contribution in [-0.4, -0.2) is 37.6 Å². The Balaban J connectivity index is 1.78. The van der Waals surface area contributed by atoms with Crippen molar-refractivity contribution in [2.24, 2.45) is 5.92 Å². The number of aryl methyl sites for hydroxylation is 1. The molecule has 4 heteroatoms. The molecule has 1 heterocycles. The van der Waals surface area contributed by atoms with Gasteiger partial charge in [0, 0.05) is 19.6 Å². The Morgan fingerprint density at radius 1 is 1.50 bits per heavy atom. The third-order valence-electron chi connectivity index (χ3n) is 3.40. The summed E-state index contributed by atoms with van der Waals surface area (Å²) in [5.74, 6) is -0.286. The van der Waals surface area contributed by atoms with Gasteiger partial charge in [0.2, 0.25) is 0 Å². The number of halogens is 1. The third-order valence-corrected chi connectivity index (χ3v) is 3.40. The van der Waals surface area contributed by atoms with Gasteiger partial charge in [0.15, 0.2) is 0 Å². The molecule has 0 radical (unpaired) electrons. The molecule has 0 N–H and O–H groups in total. The number of likely N-dealkylation sites (tertiary alicyclic amines) is 1. The molecule has 1 saturated heterocycles. The van der Waals surface area contributed by atoms with Gasteiger partial charge in [-0.1, -0.05) is 12.1 Å². The average Bonchev–Trinajstić information content (AvgIpc) is 2.29. The Morgan fingerprint density at radius 3 is 2.83 bits per heavy atom. The smallest absolute Gasteiger partial charge is 0.311 e. The van der Waals surface area contributed by atoms with Crippen LogP contribution in [0.5, 0.6) is 0 Å². The van der Waals surface area contributed by atoms with Crippen molar-refractivity contribution >= 4 is 5.97 Å². The Morgan fingerprint density at radius 2 is 2.22 bits per heavy atom. The van der Waals surface area contributed by atoms with E-state index < -0.39 is 0 Å². The molecule has 0 spiro atoms. The van der Waals surface area contributed by atoms with Crippen LogP contribution in [0.4, 0.5) is 4.39 Å². The summed E-state index contributed by atoms with van der Waals surface area (Å²) in [5, 5.41) is 0. The van der Waals surface area contributed by atoms with Crippen molar-refractivity contribution in [1.82, 2.24) is 4.90 Å². The normalized spacial score (nSPS) is 16.4. The molecule has 0 aromatic heterocycles. The van der Waals surface area contributed by atoms with Crippen LogP contribution in [0.2, 0.25) is 0 Å². The van der Waals surface area contributed by atoms with Crippen LogP contribution < -0.4 is 0 Å². The molecule has 1 aliphatic rings. The average molecular weight is 251 g/mol. The largest absolute Gasteiger partial charge is 0.469 e. The minimum absolute atomic E-state index is 0.00198. The molecule has 0 saturated carbocycles. The van der Waals surface area contributed by atoms with E-state index in [0.717, 1.165) is 30.8 Å². The molecule has 1 aromatic carbocycles. The zero-order valence-corrected chi connectivity index (χ0v) is 10.8. The van der Waals surface area contributed by atoms with Gasteiger partial charge in [0.1, 0.15) is 5.82 Å². The Hall–Kier alpha value is -1.42. The summed E-state index contributed by atoms with van der Waals surface area (Å²) in [5.41, 5.74) is 1.67. The molecule has 1 fully saturated rings. The van der Waals surface area contributed by atoms with Crippen molar-refractivity contribution in [3.8, 4) is 0 Å². The number of carbonyl (C=O) groups is 1. The monoisotopic (exact) mass is 251 g/mol. The van der Waals surface area contributed by atoms with E-state index in [1.165, 1.54) is 7.11 Å². The van der Waals surface area contributed by atoms with Gasteiger partial charge in [0.25, 0.3) is 0 Å². The van der Waals surface area contributed by atoms with E-state index in [1.54, 1.807) is 6.07 Å². The van der Waals surface area contributed by atoms with E-state index in [1.807, 2.05) is 19.1 Å². The maximum atomic E-state index is 13.6. The predicted octanol–water partition coefficient (Wildman–Crippen LogP) is 1.78. The van der Waals surface area contributed by atoms with Crippen molar-refractivity contribution in [3.63, 3.8) is 0 Å². The Bertz CT molecular complexity index is 441. The molecule has 0 aliphatic carbocycles. The van der Waals surface area contributed by atoms with Gasteiger partial charge in [-0.2, -0.15) is 0 Å². The Kier molecular flexibility index (Phi) is 3.97. The van der Waals surface area contributed by atoms with Crippen LogP contribution in [0.25, 0.3) is 0 Å². The first kappa shape index (κ1) is 13.0. The molecule has 0 unspecified atom stereocenters. The van der Waals surface area contributed by atoms with Crippen molar-refractivity contribution in [2.75, 3.05) is 26.7 Å². The summed E-state index contributed by atoms with van der Waals surface area (Å²) in [7, 11) is 1.41. The molecular formula is C14H18FNO2. The number of hydrogen-bond acceptors (Lipinski definition) is 3. The standard InChI is InChI=1S/C14H18FNO2/c1-10-3-4-11(13(15)7-10)5-6-16-8-12(9-16)14(17)18-2/h3-4,7,12H,5-6,8-9H2,1-2H3. The van der Waals surface area contributed by atoms with Gasteiger partial charge in [-0.25, -0.2) is 4.39 Å². The van der Waals surface area contributed by atoms with E-state index in [2.05, 4.69) is 9.64 Å². The van der Waals surface area contributed by atoms with Crippen molar-refractivity contribution < 1.29 is 13.9 Å². The number of methoxy groups -OCH3 is 1. The first-order chi connectivity index (χ1) is 8.60. The zero-order chi connectivity index (χ0) is 13.1. The first-order valence-corrected chi connectivity index (χ1v) is 6.15. The molecule has 3 nitrogen and oxygen atoms in total. The number of nitrogens with zero attached hydrogens (tertiary/aromatic N) is 1. The van der Waals surface area contributed by atoms with Crippen molar-refractivity contribution in [2.45, 2.75) is 13.3 Å². The number of benzene rings is 1. The quantitative estimate of drug-likeness (QED) is 0.764. The van der Waals surface area contributed by atoms with E-state index in [9.17, 15) is 9.18 Å². The second-order valence-electron chi connectivity index (χ2n) is 4.82. The second kappa shape index (κ2) is 5.48. The summed E-state index contributed by atoms with van der Waals surface area (Å²) in [6.45, 7) is 4.11. The molecule has 98 valence electrons. The van der Waals surface area contributed by atoms with E-state index in [0.29, 0.717) is 6.42 Å². The molecule has 18 heavy (non-hydrogen) atoms. The maximum absolute atomic E-state index is 13.6. The lowest BCUT2D eigenvalue weighted by atomic mass is 9.99. The van der Waals surface area contributed by atoms with E-state index in [4.69, 9.17) is 0 Å². The van der Waals surface area contributed by atoms with Gasteiger partial charge in [0.05, 0.1) is 13.0 Å². The molecule has 2 rings (SSSR count). The number of carbonyl (C=O) groups excluding carboxylic acids is 1. The molecular weight excluding hydrogens is 233 g/mol. The molecule has 0 amide bonds. The topological polar surface area (TPSA) is 29.5 Å². The maximum Gasteiger partial charge on any atom is 0.311 e. The SMILES string of the molecule is COC(=O)C1CN(CCc2ccc(C)cc2F)C1. The van der Waals surface area contributed by atoms with Crippen molar-refractivity contribution in [1.29, 1.82) is 0 Å². The second-order valence-corrected chi connectivity index (χ2v) is 4.82. The number of ether oxygens (including phenoxy) is 1. The van der Waals surface area contributed by atoms with Crippen LogP contribution in [0.1, 0.15) is 11.1 Å². The summed E-state index contributed by atoms with van der Waals surface area (Å²) in [4.78, 5) is 13.3. The lowest BCUT2D eigenvalue weighted by Gasteiger charge is -2.37. The van der Waals surface area contributed by atoms with Gasteiger partial charge < -0.3 is 9.64 Å². The molecule has 1 aliphatic heterocycles. The zero-order valence-electron chi connectivity index (χ0n) is 10.8. The van der Waals surface area contributed by atoms with Crippen LogP contribution in [0.15, 0.2) is 18.2 Å². The highest BCUT2D eigenvalue weighted by atomic mass is 19.1. The van der Waals surface area contributed by atoms with E-state index in [-0.39, 0.29) is 17.7 Å². The number of hydrogen-bond donors (Lipinski definition) is 0. The third kappa shape index (κ3) is 2.88. The fourth-order valence-electron chi connectivity index (χ4n) is 2.20. The van der Waals surface area contributed by atoms with Gasteiger partial charge >= 0.3 is 5.97 Å². The van der Waals surface area contributed by atoms with Gasteiger partial charge in [-0.3, -0.25) is 4.79 Å². The summed E-state index contributed by atoms with van der Waals surface area (Å²) >= 11 is 0. The highest BCUT2D eigenvalue weighted by Gasteiger charge is 2.32. The minimum atomic E-state index is -0.146. The Labute approximate surface area is 107 Å². The van der Waals surface area contributed by atoms with Crippen LogP contribution in [0, 0.1) is 18.7 Å². The van der Waals surface area contributed by atoms with Gasteiger partial charge in [-0.05, 0) is 30.5 Å². The van der Waals surface area contributed by atoms with Crippen LogP contribution in [-0.2, 0) is 16.0 Å². The first-order valence-electron chi connectivity index (χ1n) is 6.15. The molecule has 1 aromatic rings. The highest BCUT2D eigenvalue weighted by Crippen LogP contribution is 2.18. The van der Waals surface area contributed by atoms with E-state index >= 15 is 0 Å². The number of rotatable bonds is 4. The predicted molar refractivity (Wildman–Crippen MR) is 66.8 cm³/mol. The van der Waals surface area contributed by atoms with Crippen LogP contribution in [0.3, 0.4) is 0 Å². The summed E-state index contributed by atoms with van der Waals surface area (Å²) in [6, 6.07) is 5.32. The lowest BCUT2D eigenvalue weighted by molar-refractivity contribution is -0.151.